The van der Waals surface area contributed by atoms with Gasteiger partial charge in [-0.25, -0.2) is 9.59 Å². The van der Waals surface area contributed by atoms with E-state index in [0.717, 1.165) is 11.3 Å². The van der Waals surface area contributed by atoms with Gasteiger partial charge in [0.25, 0.3) is 0 Å². The Balaban J connectivity index is 2.16. The molecule has 2 N–H and O–H groups in total. The van der Waals surface area contributed by atoms with Crippen molar-refractivity contribution in [1.29, 1.82) is 0 Å². The lowest BCUT2D eigenvalue weighted by Gasteiger charge is -2.22. The van der Waals surface area contributed by atoms with Gasteiger partial charge in [0.05, 0.1) is 0 Å². The van der Waals surface area contributed by atoms with Crippen LogP contribution in [-0.2, 0) is 4.79 Å². The van der Waals surface area contributed by atoms with Crippen molar-refractivity contribution < 1.29 is 14.7 Å². The van der Waals surface area contributed by atoms with Crippen LogP contribution in [0.2, 0.25) is 0 Å². The summed E-state index contributed by atoms with van der Waals surface area (Å²) < 4.78 is 0. The Labute approximate surface area is 126 Å². The first-order valence-corrected chi connectivity index (χ1v) is 7.24. The summed E-state index contributed by atoms with van der Waals surface area (Å²) in [6.45, 7) is 1.90. The van der Waals surface area contributed by atoms with E-state index in [2.05, 4.69) is 5.32 Å². The molecule has 1 unspecified atom stereocenters. The summed E-state index contributed by atoms with van der Waals surface area (Å²) in [5, 5.41) is 13.6. The number of carbonyl (C=O) groups is 2. The number of aryl methyl sites for hydroxylation is 1. The maximum absolute atomic E-state index is 12.3. The Hall–Kier alpha value is -2.34. The number of benzene rings is 1. The van der Waals surface area contributed by atoms with Crippen LogP contribution in [0.5, 0.6) is 0 Å². The molecule has 2 aromatic rings. The molecule has 1 atom stereocenters. The molecular formula is C15H16N2O3S. The zero-order valence-corrected chi connectivity index (χ0v) is 12.6. The lowest BCUT2D eigenvalue weighted by molar-refractivity contribution is -0.139. The number of nitrogens with zero attached hydrogens (tertiary/aromatic N) is 1. The number of aliphatic carboxylic acids is 1. The van der Waals surface area contributed by atoms with Gasteiger partial charge in [0.2, 0.25) is 0 Å². The minimum absolute atomic E-state index is 0.454. The second kappa shape index (κ2) is 6.41. The van der Waals surface area contributed by atoms with E-state index < -0.39 is 18.0 Å². The average molecular weight is 304 g/mol. The van der Waals surface area contributed by atoms with Crippen LogP contribution in [0.15, 0.2) is 41.8 Å². The largest absolute Gasteiger partial charge is 0.479 e. The smallest absolute Gasteiger partial charge is 0.331 e. The highest BCUT2D eigenvalue weighted by Crippen LogP contribution is 2.21. The predicted octanol–water partition coefficient (Wildman–Crippen LogP) is 3.03. The Morgan fingerprint density at radius 1 is 1.24 bits per heavy atom. The molecule has 0 saturated carbocycles. The van der Waals surface area contributed by atoms with Gasteiger partial charge in [-0.3, -0.25) is 4.90 Å². The summed E-state index contributed by atoms with van der Waals surface area (Å²) in [6, 6.07) is 9.39. The normalized spacial score (nSPS) is 11.7. The first kappa shape index (κ1) is 15.1. The van der Waals surface area contributed by atoms with Crippen LogP contribution in [0.1, 0.15) is 16.5 Å². The molecule has 2 amide bonds. The topological polar surface area (TPSA) is 69.6 Å². The average Bonchev–Trinajstić information content (AvgIpc) is 2.97. The van der Waals surface area contributed by atoms with Crippen molar-refractivity contribution in [2.24, 2.45) is 0 Å². The highest BCUT2D eigenvalue weighted by atomic mass is 32.1. The van der Waals surface area contributed by atoms with Gasteiger partial charge in [-0.1, -0.05) is 24.3 Å². The molecule has 2 rings (SSSR count). The first-order valence-electron chi connectivity index (χ1n) is 6.36. The van der Waals surface area contributed by atoms with Gasteiger partial charge in [0.1, 0.15) is 0 Å². The van der Waals surface area contributed by atoms with Gasteiger partial charge >= 0.3 is 12.0 Å². The van der Waals surface area contributed by atoms with Crippen LogP contribution < -0.4 is 10.2 Å². The van der Waals surface area contributed by atoms with Gasteiger partial charge in [-0.15, -0.1) is 11.3 Å². The Morgan fingerprint density at radius 2 is 1.95 bits per heavy atom. The van der Waals surface area contributed by atoms with Gasteiger partial charge in [0.15, 0.2) is 6.04 Å². The number of hydrogen-bond acceptors (Lipinski definition) is 3. The summed E-state index contributed by atoms with van der Waals surface area (Å²) in [7, 11) is 1.62. The number of rotatable bonds is 4. The van der Waals surface area contributed by atoms with E-state index in [9.17, 15) is 14.7 Å². The third kappa shape index (κ3) is 3.41. The molecule has 0 spiro atoms. The van der Waals surface area contributed by atoms with E-state index >= 15 is 0 Å². The highest BCUT2D eigenvalue weighted by Gasteiger charge is 2.25. The second-order valence-corrected chi connectivity index (χ2v) is 5.56. The minimum Gasteiger partial charge on any atom is -0.479 e. The molecule has 0 saturated heterocycles. The highest BCUT2D eigenvalue weighted by molar-refractivity contribution is 7.10. The fourth-order valence-electron chi connectivity index (χ4n) is 1.98. The molecule has 0 aliphatic carbocycles. The molecule has 1 aromatic heterocycles. The van der Waals surface area contributed by atoms with E-state index in [1.54, 1.807) is 24.6 Å². The summed E-state index contributed by atoms with van der Waals surface area (Å²) >= 11 is 1.30. The Morgan fingerprint density at radius 3 is 2.52 bits per heavy atom. The first-order chi connectivity index (χ1) is 10.0. The molecule has 21 heavy (non-hydrogen) atoms. The fourth-order valence-corrected chi connectivity index (χ4v) is 2.75. The minimum atomic E-state index is -1.08. The van der Waals surface area contributed by atoms with Crippen molar-refractivity contribution in [1.82, 2.24) is 5.32 Å². The van der Waals surface area contributed by atoms with Crippen molar-refractivity contribution in [3.63, 3.8) is 0 Å². The van der Waals surface area contributed by atoms with Gasteiger partial charge in [-0.05, 0) is 30.0 Å². The third-order valence-electron chi connectivity index (χ3n) is 3.12. The second-order valence-electron chi connectivity index (χ2n) is 4.58. The summed E-state index contributed by atoms with van der Waals surface area (Å²) in [5.74, 6) is -1.08. The summed E-state index contributed by atoms with van der Waals surface area (Å²) in [5.41, 5.74) is 1.68. The van der Waals surface area contributed by atoms with Crippen LogP contribution in [0.4, 0.5) is 10.5 Å². The molecular weight excluding hydrogens is 288 g/mol. The molecule has 0 radical (unpaired) electrons. The van der Waals surface area contributed by atoms with Gasteiger partial charge in [-0.2, -0.15) is 0 Å². The van der Waals surface area contributed by atoms with E-state index in [4.69, 9.17) is 0 Å². The van der Waals surface area contributed by atoms with Crippen molar-refractivity contribution in [2.75, 3.05) is 11.9 Å². The number of nitrogens with one attached hydrogen (secondary N) is 1. The van der Waals surface area contributed by atoms with Crippen LogP contribution in [0.25, 0.3) is 0 Å². The quantitative estimate of drug-likeness (QED) is 0.912. The molecule has 110 valence electrons. The number of carbonyl (C=O) groups excluding carboxylic acids is 1. The molecule has 0 bridgehead atoms. The van der Waals surface area contributed by atoms with Crippen LogP contribution in [0.3, 0.4) is 0 Å². The lowest BCUT2D eigenvalue weighted by atomic mass is 10.2. The Bertz CT molecular complexity index is 640. The number of carboxylic acid groups (broad SMARTS) is 1. The van der Waals surface area contributed by atoms with E-state index in [-0.39, 0.29) is 0 Å². The molecule has 0 aliphatic rings. The van der Waals surface area contributed by atoms with Crippen LogP contribution in [0, 0.1) is 6.92 Å². The van der Waals surface area contributed by atoms with Crippen molar-refractivity contribution in [3.8, 4) is 0 Å². The zero-order valence-electron chi connectivity index (χ0n) is 11.7. The Kier molecular flexibility index (Phi) is 4.59. The molecule has 0 aliphatic heterocycles. The summed E-state index contributed by atoms with van der Waals surface area (Å²) in [6.07, 6.45) is 0. The lowest BCUT2D eigenvalue weighted by Crippen LogP contribution is -2.42. The number of thiophene rings is 1. The van der Waals surface area contributed by atoms with Crippen molar-refractivity contribution in [3.05, 3.63) is 52.2 Å². The number of hydrogen-bond donors (Lipinski definition) is 2. The number of anilines is 1. The van der Waals surface area contributed by atoms with Gasteiger partial charge in [0, 0.05) is 17.6 Å². The van der Waals surface area contributed by atoms with E-state index in [1.165, 1.54) is 16.2 Å². The predicted molar refractivity (Wildman–Crippen MR) is 82.8 cm³/mol. The van der Waals surface area contributed by atoms with Crippen LogP contribution >= 0.6 is 11.3 Å². The number of carboxylic acids is 1. The SMILES string of the molecule is Cc1ccccc1N(C)C(=O)NC(C(=O)O)c1cccs1. The molecule has 1 aromatic carbocycles. The summed E-state index contributed by atoms with van der Waals surface area (Å²) in [4.78, 5) is 25.6. The van der Waals surface area contributed by atoms with Crippen LogP contribution in [-0.4, -0.2) is 24.2 Å². The van der Waals surface area contributed by atoms with E-state index in [0.29, 0.717) is 4.88 Å². The molecule has 5 nitrogen and oxygen atoms in total. The van der Waals surface area contributed by atoms with Crippen molar-refractivity contribution >= 4 is 29.0 Å². The van der Waals surface area contributed by atoms with Crippen molar-refractivity contribution in [2.45, 2.75) is 13.0 Å². The van der Waals surface area contributed by atoms with E-state index in [1.807, 2.05) is 31.2 Å². The maximum Gasteiger partial charge on any atom is 0.331 e. The molecule has 0 fully saturated rings. The zero-order chi connectivity index (χ0) is 15.4. The molecule has 1 heterocycles. The fraction of sp³-hybridized carbons (Fsp3) is 0.200. The monoisotopic (exact) mass is 304 g/mol. The number of amides is 2. The number of urea groups is 1. The molecule has 6 heteroatoms. The maximum atomic E-state index is 12.3. The third-order valence-corrected chi connectivity index (χ3v) is 4.06. The van der Waals surface area contributed by atoms with Gasteiger partial charge < -0.3 is 10.4 Å². The standard InChI is InChI=1S/C15H16N2O3S/c1-10-6-3-4-7-11(10)17(2)15(20)16-13(14(18)19)12-8-5-9-21-12/h3-9,13H,1-2H3,(H,16,20)(H,18,19). The number of para-hydroxylation sites is 1.